The van der Waals surface area contributed by atoms with Crippen LogP contribution in [-0.2, 0) is 14.3 Å². The maximum absolute atomic E-state index is 12.4. The molecule has 2 N–H and O–H groups in total. The summed E-state index contributed by atoms with van der Waals surface area (Å²) in [6, 6.07) is 7.40. The molecule has 0 spiro atoms. The van der Waals surface area contributed by atoms with Gasteiger partial charge in [-0.1, -0.05) is 29.8 Å². The van der Waals surface area contributed by atoms with Crippen LogP contribution in [0.5, 0.6) is 0 Å². The van der Waals surface area contributed by atoms with Gasteiger partial charge in [-0.15, -0.1) is 11.3 Å². The first kappa shape index (κ1) is 18.6. The third-order valence-corrected chi connectivity index (χ3v) is 5.70. The van der Waals surface area contributed by atoms with Crippen molar-refractivity contribution in [3.05, 3.63) is 34.2 Å². The fourth-order valence-corrected chi connectivity index (χ4v) is 4.23. The number of benzene rings is 1. The molecule has 2 atom stereocenters. The number of ether oxygens (including phenoxy) is 1. The van der Waals surface area contributed by atoms with Crippen molar-refractivity contribution >= 4 is 50.8 Å². The van der Waals surface area contributed by atoms with Crippen molar-refractivity contribution in [2.75, 3.05) is 19.6 Å². The number of nitrogens with zero attached hydrogens (tertiary/aromatic N) is 1. The highest BCUT2D eigenvalue weighted by atomic mass is 35.5. The second-order valence-corrected chi connectivity index (χ2v) is 7.43. The van der Waals surface area contributed by atoms with E-state index in [0.29, 0.717) is 9.90 Å². The number of hydrogen-bond donors (Lipinski definition) is 2. The van der Waals surface area contributed by atoms with E-state index in [-0.39, 0.29) is 31.6 Å². The standard InChI is InChI=1S/C17H17ClN2O5S/c1-9-7-20(8-11(25-9)17(23)24)13(21)6-19-16(22)15-14(18)10-4-2-3-5-12(10)26-15/h2-5,9,11H,6-8H2,1H3,(H,19,22)(H,23,24)/t9-,11?/m1/s1. The molecule has 0 bridgehead atoms. The zero-order valence-corrected chi connectivity index (χ0v) is 15.5. The summed E-state index contributed by atoms with van der Waals surface area (Å²) >= 11 is 7.52. The van der Waals surface area contributed by atoms with Crippen LogP contribution in [0.2, 0.25) is 5.02 Å². The molecule has 2 heterocycles. The minimum absolute atomic E-state index is 0.0436. The average molecular weight is 397 g/mol. The van der Waals surface area contributed by atoms with Gasteiger partial charge in [-0.05, 0) is 13.0 Å². The highest BCUT2D eigenvalue weighted by molar-refractivity contribution is 7.21. The predicted octanol–water partition coefficient (Wildman–Crippen LogP) is 1.99. The van der Waals surface area contributed by atoms with E-state index in [1.54, 1.807) is 6.92 Å². The van der Waals surface area contributed by atoms with Crippen LogP contribution in [0.25, 0.3) is 10.1 Å². The van der Waals surface area contributed by atoms with Gasteiger partial charge in [-0.2, -0.15) is 0 Å². The van der Waals surface area contributed by atoms with Gasteiger partial charge in [0.15, 0.2) is 6.10 Å². The van der Waals surface area contributed by atoms with Gasteiger partial charge in [0, 0.05) is 16.6 Å². The maximum atomic E-state index is 12.4. The fourth-order valence-electron chi connectivity index (χ4n) is 2.80. The predicted molar refractivity (Wildman–Crippen MR) is 97.7 cm³/mol. The van der Waals surface area contributed by atoms with E-state index >= 15 is 0 Å². The lowest BCUT2D eigenvalue weighted by Crippen LogP contribution is -2.53. The number of aliphatic carboxylic acids is 1. The van der Waals surface area contributed by atoms with E-state index < -0.39 is 18.0 Å². The third kappa shape index (κ3) is 3.82. The SMILES string of the molecule is C[C@@H]1CN(C(=O)CNC(=O)c2sc3ccccc3c2Cl)CC(C(=O)O)O1. The van der Waals surface area contributed by atoms with Gasteiger partial charge >= 0.3 is 5.97 Å². The van der Waals surface area contributed by atoms with Crippen LogP contribution in [0.15, 0.2) is 24.3 Å². The number of thiophene rings is 1. The number of nitrogens with one attached hydrogen (secondary N) is 1. The Kier molecular flexibility index (Phi) is 5.45. The van der Waals surface area contributed by atoms with Gasteiger partial charge in [-0.25, -0.2) is 4.79 Å². The third-order valence-electron chi connectivity index (χ3n) is 4.03. The molecule has 1 unspecified atom stereocenters. The molecule has 7 nitrogen and oxygen atoms in total. The van der Waals surface area contributed by atoms with Crippen molar-refractivity contribution in [1.29, 1.82) is 0 Å². The molecule has 0 aliphatic carbocycles. The molecular formula is C17H17ClN2O5S. The molecule has 1 saturated heterocycles. The lowest BCUT2D eigenvalue weighted by molar-refractivity contribution is -0.166. The highest BCUT2D eigenvalue weighted by Crippen LogP contribution is 2.34. The molecule has 1 aromatic heterocycles. The smallest absolute Gasteiger partial charge is 0.334 e. The molecule has 2 aromatic rings. The van der Waals surface area contributed by atoms with Gasteiger partial charge in [0.2, 0.25) is 5.91 Å². The summed E-state index contributed by atoms with van der Waals surface area (Å²) in [5, 5.41) is 12.8. The monoisotopic (exact) mass is 396 g/mol. The minimum atomic E-state index is -1.12. The lowest BCUT2D eigenvalue weighted by Gasteiger charge is -2.34. The summed E-state index contributed by atoms with van der Waals surface area (Å²) < 4.78 is 6.17. The minimum Gasteiger partial charge on any atom is -0.479 e. The Morgan fingerprint density at radius 3 is 2.77 bits per heavy atom. The quantitative estimate of drug-likeness (QED) is 0.823. The van der Waals surface area contributed by atoms with E-state index in [0.717, 1.165) is 10.1 Å². The van der Waals surface area contributed by atoms with Gasteiger partial charge in [-0.3, -0.25) is 9.59 Å². The van der Waals surface area contributed by atoms with Crippen molar-refractivity contribution in [1.82, 2.24) is 10.2 Å². The Morgan fingerprint density at radius 1 is 1.35 bits per heavy atom. The Balaban J connectivity index is 1.64. The van der Waals surface area contributed by atoms with Crippen molar-refractivity contribution in [3.8, 4) is 0 Å². The fraction of sp³-hybridized carbons (Fsp3) is 0.353. The normalized spacial score (nSPS) is 20.2. The van der Waals surface area contributed by atoms with Crippen LogP contribution in [-0.4, -0.2) is 59.6 Å². The first-order valence-corrected chi connectivity index (χ1v) is 9.17. The number of carboxylic acids is 1. The number of carbonyl (C=O) groups is 3. The molecule has 0 radical (unpaired) electrons. The topological polar surface area (TPSA) is 95.9 Å². The number of carbonyl (C=O) groups excluding carboxylic acids is 2. The van der Waals surface area contributed by atoms with Crippen LogP contribution in [0.1, 0.15) is 16.6 Å². The van der Waals surface area contributed by atoms with Gasteiger partial charge in [0.05, 0.1) is 24.2 Å². The molecule has 1 aliphatic heterocycles. The number of hydrogen-bond acceptors (Lipinski definition) is 5. The van der Waals surface area contributed by atoms with Crippen LogP contribution >= 0.6 is 22.9 Å². The van der Waals surface area contributed by atoms with E-state index in [9.17, 15) is 14.4 Å². The van der Waals surface area contributed by atoms with Crippen molar-refractivity contribution in [3.63, 3.8) is 0 Å². The Labute approximate surface area is 158 Å². The van der Waals surface area contributed by atoms with Crippen LogP contribution in [0.4, 0.5) is 0 Å². The summed E-state index contributed by atoms with van der Waals surface area (Å²) in [7, 11) is 0. The van der Waals surface area contributed by atoms with E-state index in [2.05, 4.69) is 5.32 Å². The average Bonchev–Trinajstić information content (AvgIpc) is 2.96. The van der Waals surface area contributed by atoms with Gasteiger partial charge < -0.3 is 20.1 Å². The van der Waals surface area contributed by atoms with E-state index in [1.165, 1.54) is 16.2 Å². The highest BCUT2D eigenvalue weighted by Gasteiger charge is 2.32. The molecule has 1 aromatic carbocycles. The van der Waals surface area contributed by atoms with Gasteiger partial charge in [0.25, 0.3) is 5.91 Å². The number of amides is 2. The summed E-state index contributed by atoms with van der Waals surface area (Å²) in [6.45, 7) is 1.70. The molecule has 2 amide bonds. The molecule has 1 fully saturated rings. The molecule has 1 aliphatic rings. The first-order valence-electron chi connectivity index (χ1n) is 7.98. The molecule has 9 heteroatoms. The number of halogens is 1. The number of fused-ring (bicyclic) bond motifs is 1. The van der Waals surface area contributed by atoms with Gasteiger partial charge in [0.1, 0.15) is 4.88 Å². The summed E-state index contributed by atoms with van der Waals surface area (Å²) in [6.07, 6.45) is -1.45. The zero-order valence-electron chi connectivity index (χ0n) is 13.9. The van der Waals surface area contributed by atoms with Crippen LogP contribution < -0.4 is 5.32 Å². The summed E-state index contributed by atoms with van der Waals surface area (Å²) in [5.41, 5.74) is 0. The van der Waals surface area contributed by atoms with Crippen molar-refractivity contribution in [2.24, 2.45) is 0 Å². The zero-order chi connectivity index (χ0) is 18.8. The molecular weight excluding hydrogens is 380 g/mol. The lowest BCUT2D eigenvalue weighted by atomic mass is 10.2. The number of carboxylic acid groups (broad SMARTS) is 1. The largest absolute Gasteiger partial charge is 0.479 e. The van der Waals surface area contributed by atoms with Crippen molar-refractivity contribution < 1.29 is 24.2 Å². The first-order chi connectivity index (χ1) is 12.4. The van der Waals surface area contributed by atoms with Crippen LogP contribution in [0, 0.1) is 0 Å². The summed E-state index contributed by atoms with van der Waals surface area (Å²) in [5.74, 6) is -1.91. The maximum Gasteiger partial charge on any atom is 0.334 e. The van der Waals surface area contributed by atoms with Crippen LogP contribution in [0.3, 0.4) is 0 Å². The molecule has 3 rings (SSSR count). The molecule has 0 saturated carbocycles. The Morgan fingerprint density at radius 2 is 2.08 bits per heavy atom. The number of morpholine rings is 1. The summed E-state index contributed by atoms with van der Waals surface area (Å²) in [4.78, 5) is 37.6. The Hall–Kier alpha value is -2.16. The Bertz CT molecular complexity index is 868. The van der Waals surface area contributed by atoms with E-state index in [4.69, 9.17) is 21.4 Å². The number of rotatable bonds is 4. The van der Waals surface area contributed by atoms with E-state index in [1.807, 2.05) is 24.3 Å². The second kappa shape index (κ2) is 7.61. The second-order valence-electron chi connectivity index (χ2n) is 6.00. The molecule has 26 heavy (non-hydrogen) atoms. The molecule has 138 valence electrons. The van der Waals surface area contributed by atoms with Crippen molar-refractivity contribution in [2.45, 2.75) is 19.1 Å².